The molecule has 1 unspecified atom stereocenters. The van der Waals surface area contributed by atoms with Crippen LogP contribution in [0, 0.1) is 0 Å². The highest BCUT2D eigenvalue weighted by Gasteiger charge is 2.09. The van der Waals surface area contributed by atoms with Gasteiger partial charge in [0.25, 0.3) is 0 Å². The van der Waals surface area contributed by atoms with Crippen molar-refractivity contribution in [2.24, 2.45) is 0 Å². The molecule has 1 amide bonds. The Bertz CT molecular complexity index is 619. The topological polar surface area (TPSA) is 47.6 Å². The maximum Gasteiger partial charge on any atom is 0.246 e. The first-order chi connectivity index (χ1) is 11.1. The third-order valence-corrected chi connectivity index (χ3v) is 3.69. The fourth-order valence-electron chi connectivity index (χ4n) is 2.04. The van der Waals surface area contributed by atoms with Crippen LogP contribution in [0.3, 0.4) is 0 Å². The molecule has 122 valence electrons. The van der Waals surface area contributed by atoms with Crippen LogP contribution in [0.5, 0.6) is 5.75 Å². The first-order valence-corrected chi connectivity index (χ1v) is 8.25. The SMILES string of the molecule is CC(NC(=O)COCCOc1ccccc1)c1cccc(Br)c1. The lowest BCUT2D eigenvalue weighted by Gasteiger charge is -2.15. The standard InChI is InChI=1S/C18H20BrNO3/c1-14(15-6-5-7-16(19)12-15)20-18(21)13-22-10-11-23-17-8-3-2-4-9-17/h2-9,12,14H,10-11,13H2,1H3,(H,20,21). The van der Waals surface area contributed by atoms with Crippen molar-refractivity contribution in [2.45, 2.75) is 13.0 Å². The summed E-state index contributed by atoms with van der Waals surface area (Å²) in [6, 6.07) is 17.3. The van der Waals surface area contributed by atoms with E-state index < -0.39 is 0 Å². The van der Waals surface area contributed by atoms with Gasteiger partial charge in [-0.25, -0.2) is 0 Å². The summed E-state index contributed by atoms with van der Waals surface area (Å²) >= 11 is 3.42. The summed E-state index contributed by atoms with van der Waals surface area (Å²) in [5, 5.41) is 2.91. The molecular weight excluding hydrogens is 358 g/mol. The normalized spacial score (nSPS) is 11.7. The van der Waals surface area contributed by atoms with Gasteiger partial charge in [-0.3, -0.25) is 4.79 Å². The molecule has 1 N–H and O–H groups in total. The number of ether oxygens (including phenoxy) is 2. The van der Waals surface area contributed by atoms with Gasteiger partial charge in [0.2, 0.25) is 5.91 Å². The van der Waals surface area contributed by atoms with Gasteiger partial charge in [0.15, 0.2) is 0 Å². The smallest absolute Gasteiger partial charge is 0.246 e. The second-order valence-corrected chi connectivity index (χ2v) is 5.97. The minimum absolute atomic E-state index is 0.0243. The fraction of sp³-hybridized carbons (Fsp3) is 0.278. The molecule has 0 aromatic heterocycles. The quantitative estimate of drug-likeness (QED) is 0.713. The van der Waals surface area contributed by atoms with Gasteiger partial charge in [-0.1, -0.05) is 46.3 Å². The number of hydrogen-bond donors (Lipinski definition) is 1. The zero-order valence-corrected chi connectivity index (χ0v) is 14.6. The molecule has 0 aliphatic carbocycles. The second kappa shape index (κ2) is 9.33. The molecule has 5 heteroatoms. The van der Waals surface area contributed by atoms with Crippen molar-refractivity contribution in [3.63, 3.8) is 0 Å². The number of carbonyl (C=O) groups excluding carboxylic acids is 1. The summed E-state index contributed by atoms with van der Waals surface area (Å²) in [6.07, 6.45) is 0. The van der Waals surface area contributed by atoms with Crippen molar-refractivity contribution < 1.29 is 14.3 Å². The first-order valence-electron chi connectivity index (χ1n) is 7.45. The van der Waals surface area contributed by atoms with E-state index in [1.54, 1.807) is 0 Å². The monoisotopic (exact) mass is 377 g/mol. The Balaban J connectivity index is 1.63. The zero-order chi connectivity index (χ0) is 16.5. The lowest BCUT2D eigenvalue weighted by molar-refractivity contribution is -0.126. The van der Waals surface area contributed by atoms with Crippen LogP contribution in [0.25, 0.3) is 0 Å². The van der Waals surface area contributed by atoms with Crippen LogP contribution in [0.15, 0.2) is 59.1 Å². The Labute approximate surface area is 144 Å². The molecule has 23 heavy (non-hydrogen) atoms. The van der Waals surface area contributed by atoms with E-state index in [0.29, 0.717) is 13.2 Å². The molecule has 2 rings (SSSR count). The summed E-state index contributed by atoms with van der Waals surface area (Å²) in [4.78, 5) is 11.9. The van der Waals surface area contributed by atoms with Gasteiger partial charge in [-0.05, 0) is 36.8 Å². The van der Waals surface area contributed by atoms with Gasteiger partial charge in [0.1, 0.15) is 19.0 Å². The van der Waals surface area contributed by atoms with Gasteiger partial charge in [0, 0.05) is 4.47 Å². The number of halogens is 1. The maximum atomic E-state index is 11.9. The largest absolute Gasteiger partial charge is 0.491 e. The summed E-state index contributed by atoms with van der Waals surface area (Å²) in [5.74, 6) is 0.654. The van der Waals surface area contributed by atoms with E-state index in [2.05, 4.69) is 21.2 Å². The highest BCUT2D eigenvalue weighted by Crippen LogP contribution is 2.17. The second-order valence-electron chi connectivity index (χ2n) is 5.06. The molecule has 4 nitrogen and oxygen atoms in total. The number of amides is 1. The molecule has 0 fully saturated rings. The molecule has 2 aromatic rings. The summed E-state index contributed by atoms with van der Waals surface area (Å²) < 4.78 is 11.8. The Morgan fingerprint density at radius 2 is 1.91 bits per heavy atom. The number of rotatable bonds is 8. The molecule has 1 atom stereocenters. The van der Waals surface area contributed by atoms with Crippen LogP contribution in [0.4, 0.5) is 0 Å². The molecule has 0 spiro atoms. The minimum atomic E-state index is -0.141. The Kier molecular flexibility index (Phi) is 7.10. The van der Waals surface area contributed by atoms with Gasteiger partial charge >= 0.3 is 0 Å². The van der Waals surface area contributed by atoms with E-state index in [1.807, 2.05) is 61.5 Å². The van der Waals surface area contributed by atoms with E-state index in [4.69, 9.17) is 9.47 Å². The van der Waals surface area contributed by atoms with Gasteiger partial charge in [0.05, 0.1) is 12.6 Å². The molecule has 0 saturated carbocycles. The Morgan fingerprint density at radius 3 is 2.65 bits per heavy atom. The lowest BCUT2D eigenvalue weighted by atomic mass is 10.1. The predicted octanol–water partition coefficient (Wildman–Crippen LogP) is 3.72. The molecule has 0 aliphatic heterocycles. The zero-order valence-electron chi connectivity index (χ0n) is 13.0. The minimum Gasteiger partial charge on any atom is -0.491 e. The van der Waals surface area contributed by atoms with Gasteiger partial charge in [-0.15, -0.1) is 0 Å². The molecular formula is C18H20BrNO3. The Morgan fingerprint density at radius 1 is 1.13 bits per heavy atom. The number of benzene rings is 2. The van der Waals surface area contributed by atoms with Crippen molar-refractivity contribution in [3.05, 3.63) is 64.6 Å². The number of hydrogen-bond acceptors (Lipinski definition) is 3. The van der Waals surface area contributed by atoms with E-state index >= 15 is 0 Å². The van der Waals surface area contributed by atoms with Gasteiger partial charge < -0.3 is 14.8 Å². The maximum absolute atomic E-state index is 11.9. The van der Waals surface area contributed by atoms with Crippen LogP contribution in [0.1, 0.15) is 18.5 Å². The first kappa shape index (κ1) is 17.5. The van der Waals surface area contributed by atoms with Crippen molar-refractivity contribution in [2.75, 3.05) is 19.8 Å². The number of nitrogens with one attached hydrogen (secondary N) is 1. The van der Waals surface area contributed by atoms with Gasteiger partial charge in [-0.2, -0.15) is 0 Å². The van der Waals surface area contributed by atoms with Crippen LogP contribution in [0.2, 0.25) is 0 Å². The van der Waals surface area contributed by atoms with E-state index in [1.165, 1.54) is 0 Å². The third-order valence-electron chi connectivity index (χ3n) is 3.20. The van der Waals surface area contributed by atoms with Crippen molar-refractivity contribution >= 4 is 21.8 Å². The third kappa shape index (κ3) is 6.42. The summed E-state index contributed by atoms with van der Waals surface area (Å²) in [6.45, 7) is 2.75. The van der Waals surface area contributed by atoms with Crippen LogP contribution >= 0.6 is 15.9 Å². The highest BCUT2D eigenvalue weighted by molar-refractivity contribution is 9.10. The van der Waals surface area contributed by atoms with Crippen LogP contribution in [-0.2, 0) is 9.53 Å². The number of carbonyl (C=O) groups is 1. The molecule has 2 aromatic carbocycles. The van der Waals surface area contributed by atoms with Crippen molar-refractivity contribution in [3.8, 4) is 5.75 Å². The van der Waals surface area contributed by atoms with Crippen molar-refractivity contribution in [1.82, 2.24) is 5.32 Å². The van der Waals surface area contributed by atoms with Crippen LogP contribution < -0.4 is 10.1 Å². The molecule has 0 saturated heterocycles. The average Bonchev–Trinajstić information content (AvgIpc) is 2.55. The Hall–Kier alpha value is -1.85. The van der Waals surface area contributed by atoms with E-state index in [0.717, 1.165) is 15.8 Å². The molecule has 0 aliphatic rings. The lowest BCUT2D eigenvalue weighted by Crippen LogP contribution is -2.30. The molecule has 0 heterocycles. The highest BCUT2D eigenvalue weighted by atomic mass is 79.9. The van der Waals surface area contributed by atoms with Crippen molar-refractivity contribution in [1.29, 1.82) is 0 Å². The summed E-state index contributed by atoms with van der Waals surface area (Å²) in [5.41, 5.74) is 1.04. The van der Waals surface area contributed by atoms with Crippen LogP contribution in [-0.4, -0.2) is 25.7 Å². The fourth-order valence-corrected chi connectivity index (χ4v) is 2.46. The van der Waals surface area contributed by atoms with E-state index in [9.17, 15) is 4.79 Å². The number of para-hydroxylation sites is 1. The summed E-state index contributed by atoms with van der Waals surface area (Å²) in [7, 11) is 0. The molecule has 0 bridgehead atoms. The van der Waals surface area contributed by atoms with E-state index in [-0.39, 0.29) is 18.6 Å². The average molecular weight is 378 g/mol. The molecule has 0 radical (unpaired) electrons. The predicted molar refractivity (Wildman–Crippen MR) is 93.5 cm³/mol.